The molecule has 0 radical (unpaired) electrons. The molecule has 4 rings (SSSR count). The second-order valence-corrected chi connectivity index (χ2v) is 8.03. The van der Waals surface area contributed by atoms with E-state index in [1.165, 1.54) is 0 Å². The second-order valence-electron chi connectivity index (χ2n) is 7.60. The minimum atomic E-state index is -0.109. The molecule has 4 heteroatoms. The zero-order valence-corrected chi connectivity index (χ0v) is 18.8. The summed E-state index contributed by atoms with van der Waals surface area (Å²) in [4.78, 5) is 18.5. The molecule has 0 fully saturated rings. The summed E-state index contributed by atoms with van der Waals surface area (Å²) < 4.78 is 0. The van der Waals surface area contributed by atoms with Gasteiger partial charge in [-0.3, -0.25) is 4.79 Å². The van der Waals surface area contributed by atoms with Crippen LogP contribution in [-0.4, -0.2) is 10.9 Å². The van der Waals surface area contributed by atoms with E-state index in [2.05, 4.69) is 37.4 Å². The van der Waals surface area contributed by atoms with Crippen LogP contribution < -0.4 is 5.32 Å². The summed E-state index contributed by atoms with van der Waals surface area (Å²) in [6.07, 6.45) is 1.71. The Labute approximate surface area is 188 Å². The summed E-state index contributed by atoms with van der Waals surface area (Å²) in [5.41, 5.74) is 7.23. The molecule has 31 heavy (non-hydrogen) atoms. The maximum absolute atomic E-state index is 13.7. The zero-order valence-electron chi connectivity index (χ0n) is 18.0. The van der Waals surface area contributed by atoms with Crippen LogP contribution in [0.25, 0.3) is 22.2 Å². The number of carbonyl (C=O) groups excluding carboxylic acids is 1. The van der Waals surface area contributed by atoms with E-state index in [4.69, 9.17) is 16.6 Å². The van der Waals surface area contributed by atoms with Crippen LogP contribution in [-0.2, 0) is 12.8 Å². The smallest absolute Gasteiger partial charge is 0.256 e. The van der Waals surface area contributed by atoms with Crippen LogP contribution in [0.4, 0.5) is 5.69 Å². The van der Waals surface area contributed by atoms with Crippen molar-refractivity contribution in [2.75, 3.05) is 5.32 Å². The lowest BCUT2D eigenvalue weighted by atomic mass is 9.96. The van der Waals surface area contributed by atoms with Crippen molar-refractivity contribution in [1.82, 2.24) is 4.98 Å². The van der Waals surface area contributed by atoms with Gasteiger partial charge in [-0.05, 0) is 54.7 Å². The Morgan fingerprint density at radius 1 is 0.903 bits per heavy atom. The maximum atomic E-state index is 13.7. The van der Waals surface area contributed by atoms with Gasteiger partial charge in [0, 0.05) is 21.7 Å². The summed E-state index contributed by atoms with van der Waals surface area (Å²) in [6.45, 7) is 6.18. The normalized spacial score (nSPS) is 11.0. The number of pyridine rings is 1. The van der Waals surface area contributed by atoms with Crippen molar-refractivity contribution in [2.24, 2.45) is 0 Å². The zero-order chi connectivity index (χ0) is 22.0. The SMILES string of the molecule is CCc1cccc(CC)c1NC(=O)c1c(C)c(-c2ccc(Cl)cc2)nc2ccccc12. The monoisotopic (exact) mass is 428 g/mol. The van der Waals surface area contributed by atoms with E-state index in [1.54, 1.807) is 0 Å². The first-order valence-electron chi connectivity index (χ1n) is 10.6. The highest BCUT2D eigenvalue weighted by Gasteiger charge is 2.20. The van der Waals surface area contributed by atoms with Gasteiger partial charge >= 0.3 is 0 Å². The number of nitrogens with zero attached hydrogens (tertiary/aromatic N) is 1. The molecule has 0 aliphatic rings. The first-order chi connectivity index (χ1) is 15.0. The predicted molar refractivity (Wildman–Crippen MR) is 130 cm³/mol. The highest BCUT2D eigenvalue weighted by molar-refractivity contribution is 6.30. The van der Waals surface area contributed by atoms with Gasteiger partial charge in [0.2, 0.25) is 0 Å². The third-order valence-electron chi connectivity index (χ3n) is 5.72. The number of fused-ring (bicyclic) bond motifs is 1. The van der Waals surface area contributed by atoms with Gasteiger partial charge in [0.05, 0.1) is 16.8 Å². The Morgan fingerprint density at radius 2 is 1.55 bits per heavy atom. The maximum Gasteiger partial charge on any atom is 0.256 e. The lowest BCUT2D eigenvalue weighted by molar-refractivity contribution is 0.102. The molecule has 0 aliphatic heterocycles. The number of para-hydroxylation sites is 2. The van der Waals surface area contributed by atoms with Gasteiger partial charge in [-0.15, -0.1) is 0 Å². The number of amides is 1. The molecule has 0 unspecified atom stereocenters. The molecule has 4 aromatic rings. The summed E-state index contributed by atoms with van der Waals surface area (Å²) in [5.74, 6) is -0.109. The number of benzene rings is 3. The number of aromatic nitrogens is 1. The molecule has 3 nitrogen and oxygen atoms in total. The number of anilines is 1. The summed E-state index contributed by atoms with van der Waals surface area (Å²) in [7, 11) is 0. The largest absolute Gasteiger partial charge is 0.321 e. The van der Waals surface area contributed by atoms with E-state index in [1.807, 2.05) is 55.5 Å². The van der Waals surface area contributed by atoms with Gasteiger partial charge in [-0.2, -0.15) is 0 Å². The molecule has 3 aromatic carbocycles. The molecule has 0 bridgehead atoms. The van der Waals surface area contributed by atoms with E-state index in [9.17, 15) is 4.79 Å². The fourth-order valence-electron chi connectivity index (χ4n) is 4.07. The van der Waals surface area contributed by atoms with Crippen molar-refractivity contribution < 1.29 is 4.79 Å². The Hall–Kier alpha value is -3.17. The van der Waals surface area contributed by atoms with Gasteiger partial charge < -0.3 is 5.32 Å². The Kier molecular flexibility index (Phi) is 6.06. The number of hydrogen-bond donors (Lipinski definition) is 1. The highest BCUT2D eigenvalue weighted by Crippen LogP contribution is 2.32. The summed E-state index contributed by atoms with van der Waals surface area (Å²) >= 11 is 6.08. The molecule has 156 valence electrons. The number of hydrogen-bond acceptors (Lipinski definition) is 2. The molecular weight excluding hydrogens is 404 g/mol. The van der Waals surface area contributed by atoms with Crippen LogP contribution in [0.15, 0.2) is 66.7 Å². The van der Waals surface area contributed by atoms with Gasteiger partial charge in [0.1, 0.15) is 0 Å². The third kappa shape index (κ3) is 4.06. The standard InChI is InChI=1S/C27H25ClN2O/c1-4-18-9-8-10-19(5-2)26(18)30-27(31)24-17(3)25(20-13-15-21(28)16-14-20)29-23-12-7-6-11-22(23)24/h6-16H,4-5H2,1-3H3,(H,30,31). The van der Waals surface area contributed by atoms with Crippen LogP contribution in [0.1, 0.15) is 40.9 Å². The second kappa shape index (κ2) is 8.91. The van der Waals surface area contributed by atoms with Gasteiger partial charge in [0.25, 0.3) is 5.91 Å². The fraction of sp³-hybridized carbons (Fsp3) is 0.185. The lowest BCUT2D eigenvalue weighted by Crippen LogP contribution is -2.17. The van der Waals surface area contributed by atoms with E-state index in [-0.39, 0.29) is 5.91 Å². The predicted octanol–water partition coefficient (Wildman–Crippen LogP) is 7.24. The van der Waals surface area contributed by atoms with Gasteiger partial charge in [0.15, 0.2) is 0 Å². The first-order valence-corrected chi connectivity index (χ1v) is 11.0. The van der Waals surface area contributed by atoms with E-state index < -0.39 is 0 Å². The van der Waals surface area contributed by atoms with Gasteiger partial charge in [-0.1, -0.05) is 74.0 Å². The van der Waals surface area contributed by atoms with Gasteiger partial charge in [-0.25, -0.2) is 4.98 Å². The number of aryl methyl sites for hydroxylation is 2. The lowest BCUT2D eigenvalue weighted by Gasteiger charge is -2.18. The highest BCUT2D eigenvalue weighted by atomic mass is 35.5. The van der Waals surface area contributed by atoms with Crippen molar-refractivity contribution in [3.05, 3.63) is 94.0 Å². The molecule has 1 aromatic heterocycles. The number of carbonyl (C=O) groups is 1. The van der Waals surface area contributed by atoms with Crippen LogP contribution in [0, 0.1) is 6.92 Å². The van der Waals surface area contributed by atoms with Crippen LogP contribution in [0.2, 0.25) is 5.02 Å². The molecule has 0 saturated heterocycles. The number of halogens is 1. The Bertz CT molecular complexity index is 1240. The molecule has 1 N–H and O–H groups in total. The average molecular weight is 429 g/mol. The van der Waals surface area contributed by atoms with Crippen LogP contribution in [0.3, 0.4) is 0 Å². The van der Waals surface area contributed by atoms with E-state index in [0.29, 0.717) is 10.6 Å². The fourth-order valence-corrected chi connectivity index (χ4v) is 4.19. The van der Waals surface area contributed by atoms with Crippen molar-refractivity contribution in [3.63, 3.8) is 0 Å². The minimum absolute atomic E-state index is 0.109. The number of nitrogens with one attached hydrogen (secondary N) is 1. The van der Waals surface area contributed by atoms with E-state index in [0.717, 1.165) is 57.4 Å². The summed E-state index contributed by atoms with van der Waals surface area (Å²) in [6, 6.07) is 21.6. The van der Waals surface area contributed by atoms with Crippen LogP contribution >= 0.6 is 11.6 Å². The Balaban J connectivity index is 1.88. The molecule has 1 heterocycles. The first kappa shape index (κ1) is 21.1. The Morgan fingerprint density at radius 3 is 2.19 bits per heavy atom. The average Bonchev–Trinajstić information content (AvgIpc) is 2.79. The topological polar surface area (TPSA) is 42.0 Å². The van der Waals surface area contributed by atoms with Crippen molar-refractivity contribution in [1.29, 1.82) is 0 Å². The molecule has 0 aliphatic carbocycles. The summed E-state index contributed by atoms with van der Waals surface area (Å²) in [5, 5.41) is 4.75. The van der Waals surface area contributed by atoms with Crippen molar-refractivity contribution in [2.45, 2.75) is 33.6 Å². The van der Waals surface area contributed by atoms with E-state index >= 15 is 0 Å². The van der Waals surface area contributed by atoms with Crippen molar-refractivity contribution >= 4 is 34.1 Å². The molecule has 0 atom stereocenters. The molecule has 0 saturated carbocycles. The van der Waals surface area contributed by atoms with Crippen molar-refractivity contribution in [3.8, 4) is 11.3 Å². The quantitative estimate of drug-likeness (QED) is 0.364. The molecule has 0 spiro atoms. The number of rotatable bonds is 5. The molecular formula is C27H25ClN2O. The third-order valence-corrected chi connectivity index (χ3v) is 5.97. The molecule has 1 amide bonds. The van der Waals surface area contributed by atoms with Crippen LogP contribution in [0.5, 0.6) is 0 Å². The minimum Gasteiger partial charge on any atom is -0.321 e.